The van der Waals surface area contributed by atoms with E-state index in [4.69, 9.17) is 0 Å². The first-order valence-electron chi connectivity index (χ1n) is 6.61. The summed E-state index contributed by atoms with van der Waals surface area (Å²) in [6.07, 6.45) is 0.178. The predicted molar refractivity (Wildman–Crippen MR) is 84.0 cm³/mol. The Kier molecular flexibility index (Phi) is 5.01. The lowest BCUT2D eigenvalue weighted by atomic mass is 10.2. The number of hydrogen-bond acceptors (Lipinski definition) is 3. The van der Waals surface area contributed by atoms with E-state index in [-0.39, 0.29) is 31.4 Å². The van der Waals surface area contributed by atoms with E-state index < -0.39 is 0 Å². The normalized spacial score (nSPS) is 10.6. The summed E-state index contributed by atoms with van der Waals surface area (Å²) < 4.78 is 7.48. The second kappa shape index (κ2) is 6.76. The zero-order chi connectivity index (χ0) is 15.4. The van der Waals surface area contributed by atoms with E-state index in [0.29, 0.717) is 0 Å². The van der Waals surface area contributed by atoms with Crippen LogP contribution in [0.4, 0.5) is 0 Å². The molecule has 0 saturated carbocycles. The summed E-state index contributed by atoms with van der Waals surface area (Å²) in [6.45, 7) is 2.47. The number of rotatable bonds is 5. The maximum Gasteiger partial charge on any atom is 0.307 e. The van der Waals surface area contributed by atoms with E-state index in [2.05, 4.69) is 26.0 Å². The number of carbonyl (C=O) groups excluding carboxylic acids is 2. The molecule has 0 saturated heterocycles. The number of esters is 1. The van der Waals surface area contributed by atoms with Crippen molar-refractivity contribution in [2.45, 2.75) is 19.9 Å². The zero-order valence-corrected chi connectivity index (χ0v) is 13.6. The molecule has 1 N–H and O–H groups in total. The summed E-state index contributed by atoms with van der Waals surface area (Å²) in [6, 6.07) is 7.90. The van der Waals surface area contributed by atoms with Crippen LogP contribution in [0.1, 0.15) is 12.1 Å². The number of nitrogens with zero attached hydrogens (tertiary/aromatic N) is 1. The first-order valence-corrected chi connectivity index (χ1v) is 7.40. The lowest BCUT2D eigenvalue weighted by Crippen LogP contribution is -2.30. The van der Waals surface area contributed by atoms with Crippen LogP contribution >= 0.6 is 15.9 Å². The Morgan fingerprint density at radius 2 is 2.05 bits per heavy atom. The van der Waals surface area contributed by atoms with Crippen molar-refractivity contribution < 1.29 is 14.3 Å². The van der Waals surface area contributed by atoms with Crippen LogP contribution < -0.4 is 5.32 Å². The van der Waals surface area contributed by atoms with Gasteiger partial charge in [0, 0.05) is 27.6 Å². The Balaban J connectivity index is 2.08. The van der Waals surface area contributed by atoms with Gasteiger partial charge in [0.1, 0.15) is 6.54 Å². The minimum atomic E-state index is -0.333. The molecule has 2 rings (SSSR count). The minimum absolute atomic E-state index is 0.129. The Hall–Kier alpha value is -1.82. The summed E-state index contributed by atoms with van der Waals surface area (Å²) in [5.41, 5.74) is 2.00. The number of hydrogen-bond donors (Lipinski definition) is 1. The molecule has 0 radical (unpaired) electrons. The van der Waals surface area contributed by atoms with Gasteiger partial charge in [0.05, 0.1) is 13.5 Å². The molecule has 0 bridgehead atoms. The Morgan fingerprint density at radius 1 is 1.33 bits per heavy atom. The third-order valence-electron chi connectivity index (χ3n) is 3.33. The molecule has 0 aliphatic rings. The van der Waals surface area contributed by atoms with Crippen LogP contribution in [0.3, 0.4) is 0 Å². The molecule has 0 unspecified atom stereocenters. The highest BCUT2D eigenvalue weighted by molar-refractivity contribution is 9.10. The summed E-state index contributed by atoms with van der Waals surface area (Å²) in [7, 11) is 1.33. The summed E-state index contributed by atoms with van der Waals surface area (Å²) in [5.74, 6) is -0.462. The lowest BCUT2D eigenvalue weighted by Gasteiger charge is -2.09. The van der Waals surface area contributed by atoms with E-state index in [1.807, 2.05) is 35.8 Å². The predicted octanol–water partition coefficient (Wildman–Crippen LogP) is 2.39. The number of para-hydroxylation sites is 1. The van der Waals surface area contributed by atoms with Crippen molar-refractivity contribution in [1.29, 1.82) is 0 Å². The van der Waals surface area contributed by atoms with Gasteiger partial charge in [0.15, 0.2) is 0 Å². The van der Waals surface area contributed by atoms with E-state index >= 15 is 0 Å². The largest absolute Gasteiger partial charge is 0.469 e. The van der Waals surface area contributed by atoms with Gasteiger partial charge in [-0.05, 0) is 28.9 Å². The van der Waals surface area contributed by atoms with Crippen molar-refractivity contribution >= 4 is 38.7 Å². The van der Waals surface area contributed by atoms with Crippen molar-refractivity contribution in [3.8, 4) is 0 Å². The number of nitrogens with one attached hydrogen (secondary N) is 1. The summed E-state index contributed by atoms with van der Waals surface area (Å²) in [5, 5.41) is 3.80. The third-order valence-corrected chi connectivity index (χ3v) is 4.34. The first-order chi connectivity index (χ1) is 10.0. The zero-order valence-electron chi connectivity index (χ0n) is 12.0. The number of aromatic nitrogens is 1. The van der Waals surface area contributed by atoms with E-state index in [0.717, 1.165) is 21.1 Å². The van der Waals surface area contributed by atoms with Crippen molar-refractivity contribution in [3.63, 3.8) is 0 Å². The molecule has 1 amide bonds. The van der Waals surface area contributed by atoms with Crippen molar-refractivity contribution in [1.82, 2.24) is 9.88 Å². The van der Waals surface area contributed by atoms with Gasteiger partial charge in [-0.2, -0.15) is 0 Å². The van der Waals surface area contributed by atoms with Crippen molar-refractivity contribution in [2.75, 3.05) is 13.7 Å². The number of halogens is 1. The molecule has 0 aliphatic heterocycles. The molecule has 112 valence electrons. The Morgan fingerprint density at radius 3 is 2.76 bits per heavy atom. The molecule has 21 heavy (non-hydrogen) atoms. The quantitative estimate of drug-likeness (QED) is 0.840. The van der Waals surface area contributed by atoms with Crippen LogP contribution in [-0.4, -0.2) is 30.1 Å². The average molecular weight is 353 g/mol. The van der Waals surface area contributed by atoms with Crippen LogP contribution in [-0.2, 0) is 20.9 Å². The standard InChI is InChI=1S/C15H17BrN2O3/c1-10-15(16)11-5-3-4-6-12(11)18(10)9-13(19)17-8-7-14(20)21-2/h3-6H,7-9H2,1-2H3,(H,17,19). The lowest BCUT2D eigenvalue weighted by molar-refractivity contribution is -0.140. The maximum atomic E-state index is 12.0. The first kappa shape index (κ1) is 15.6. The monoisotopic (exact) mass is 352 g/mol. The van der Waals surface area contributed by atoms with Gasteiger partial charge < -0.3 is 14.6 Å². The van der Waals surface area contributed by atoms with E-state index in [9.17, 15) is 9.59 Å². The fraction of sp³-hybridized carbons (Fsp3) is 0.333. The number of benzene rings is 1. The summed E-state index contributed by atoms with van der Waals surface area (Å²) in [4.78, 5) is 23.0. The van der Waals surface area contributed by atoms with Gasteiger partial charge in [-0.3, -0.25) is 9.59 Å². The molecule has 0 atom stereocenters. The Bertz CT molecular complexity index is 679. The third kappa shape index (κ3) is 3.44. The average Bonchev–Trinajstić information content (AvgIpc) is 2.72. The van der Waals surface area contributed by atoms with Gasteiger partial charge in [-0.1, -0.05) is 18.2 Å². The molecule has 0 fully saturated rings. The van der Waals surface area contributed by atoms with Crippen LogP contribution in [0.5, 0.6) is 0 Å². The van der Waals surface area contributed by atoms with Crippen LogP contribution in [0.25, 0.3) is 10.9 Å². The number of ether oxygens (including phenoxy) is 1. The smallest absolute Gasteiger partial charge is 0.307 e. The fourth-order valence-corrected chi connectivity index (χ4v) is 2.75. The second-order valence-electron chi connectivity index (χ2n) is 4.68. The molecule has 1 aromatic carbocycles. The van der Waals surface area contributed by atoms with Crippen molar-refractivity contribution in [2.24, 2.45) is 0 Å². The van der Waals surface area contributed by atoms with Gasteiger partial charge in [0.2, 0.25) is 5.91 Å². The van der Waals surface area contributed by atoms with Crippen LogP contribution in [0, 0.1) is 6.92 Å². The number of fused-ring (bicyclic) bond motifs is 1. The Labute approximate surface area is 131 Å². The highest BCUT2D eigenvalue weighted by Crippen LogP contribution is 2.30. The number of carbonyl (C=O) groups is 2. The van der Waals surface area contributed by atoms with Gasteiger partial charge in [-0.15, -0.1) is 0 Å². The second-order valence-corrected chi connectivity index (χ2v) is 5.47. The maximum absolute atomic E-state index is 12.0. The molecule has 1 heterocycles. The SMILES string of the molecule is COC(=O)CCNC(=O)Cn1c(C)c(Br)c2ccccc21. The number of amides is 1. The van der Waals surface area contributed by atoms with Crippen molar-refractivity contribution in [3.05, 3.63) is 34.4 Å². The van der Waals surface area contributed by atoms with E-state index in [1.54, 1.807) is 0 Å². The molecule has 1 aromatic heterocycles. The van der Waals surface area contributed by atoms with Gasteiger partial charge in [-0.25, -0.2) is 0 Å². The molecular weight excluding hydrogens is 336 g/mol. The molecular formula is C15H17BrN2O3. The molecule has 0 spiro atoms. The van der Waals surface area contributed by atoms with Crippen LogP contribution in [0.2, 0.25) is 0 Å². The molecule has 0 aliphatic carbocycles. The molecule has 5 nitrogen and oxygen atoms in total. The number of methoxy groups -OCH3 is 1. The molecule has 6 heteroatoms. The topological polar surface area (TPSA) is 60.3 Å². The fourth-order valence-electron chi connectivity index (χ4n) is 2.20. The van der Waals surface area contributed by atoms with E-state index in [1.165, 1.54) is 7.11 Å². The molecule has 2 aromatic rings. The van der Waals surface area contributed by atoms with Gasteiger partial charge in [0.25, 0.3) is 0 Å². The van der Waals surface area contributed by atoms with Crippen LogP contribution in [0.15, 0.2) is 28.7 Å². The van der Waals surface area contributed by atoms with Gasteiger partial charge >= 0.3 is 5.97 Å². The minimum Gasteiger partial charge on any atom is -0.469 e. The highest BCUT2D eigenvalue weighted by atomic mass is 79.9. The summed E-state index contributed by atoms with van der Waals surface area (Å²) >= 11 is 3.56. The highest BCUT2D eigenvalue weighted by Gasteiger charge is 2.14.